The average Bonchev–Trinajstić information content (AvgIpc) is 2.89. The van der Waals surface area contributed by atoms with Crippen molar-refractivity contribution >= 4 is 17.8 Å². The molecule has 208 valence electrons. The summed E-state index contributed by atoms with van der Waals surface area (Å²) in [4.78, 5) is 34.8. The van der Waals surface area contributed by atoms with Crippen molar-refractivity contribution in [2.75, 3.05) is 26.9 Å². The molecule has 8 nitrogen and oxygen atoms in total. The average molecular weight is 528 g/mol. The lowest BCUT2D eigenvalue weighted by atomic mass is 9.91. The first-order valence-corrected chi connectivity index (χ1v) is 13.1. The number of carbonyl (C=O) groups is 3. The second-order valence-electron chi connectivity index (χ2n) is 9.49. The molecule has 0 spiro atoms. The van der Waals surface area contributed by atoms with Crippen LogP contribution >= 0.6 is 0 Å². The van der Waals surface area contributed by atoms with Gasteiger partial charge in [-0.05, 0) is 48.1 Å². The monoisotopic (exact) mass is 527 g/mol. The van der Waals surface area contributed by atoms with Crippen molar-refractivity contribution < 1.29 is 33.3 Å². The van der Waals surface area contributed by atoms with E-state index in [1.807, 2.05) is 42.5 Å². The summed E-state index contributed by atoms with van der Waals surface area (Å²) in [6.07, 6.45) is 5.55. The summed E-state index contributed by atoms with van der Waals surface area (Å²) in [5, 5.41) is 2.83. The predicted molar refractivity (Wildman–Crippen MR) is 146 cm³/mol. The first-order valence-electron chi connectivity index (χ1n) is 13.1. The Morgan fingerprint density at radius 2 is 1.45 bits per heavy atom. The highest BCUT2D eigenvalue weighted by Gasteiger charge is 2.34. The molecule has 0 fully saturated rings. The number of methoxy groups -OCH3 is 1. The molecule has 0 atom stereocenters. The lowest BCUT2D eigenvalue weighted by molar-refractivity contribution is -0.150. The fraction of sp³-hybridized carbons (Fsp3) is 0.500. The Balaban J connectivity index is 2.12. The van der Waals surface area contributed by atoms with Gasteiger partial charge in [-0.3, -0.25) is 14.4 Å². The lowest BCUT2D eigenvalue weighted by Gasteiger charge is -2.33. The SMILES string of the molecule is CCCCCCOc1ccc(-c2ccc(CCC(COC(C)=O)(COC(C)=O)NC(C)=O)cc2)cc1OC. The van der Waals surface area contributed by atoms with Crippen LogP contribution in [0.25, 0.3) is 11.1 Å². The maximum Gasteiger partial charge on any atom is 0.302 e. The fourth-order valence-electron chi connectivity index (χ4n) is 4.10. The van der Waals surface area contributed by atoms with Gasteiger partial charge in [0, 0.05) is 20.8 Å². The van der Waals surface area contributed by atoms with Crippen LogP contribution in [0.2, 0.25) is 0 Å². The topological polar surface area (TPSA) is 100 Å². The van der Waals surface area contributed by atoms with E-state index in [1.54, 1.807) is 7.11 Å². The maximum absolute atomic E-state index is 11.9. The van der Waals surface area contributed by atoms with Crippen molar-refractivity contribution in [1.82, 2.24) is 5.32 Å². The molecule has 0 aliphatic carbocycles. The molecular weight excluding hydrogens is 486 g/mol. The van der Waals surface area contributed by atoms with E-state index in [4.69, 9.17) is 18.9 Å². The number of hydrogen-bond donors (Lipinski definition) is 1. The molecule has 38 heavy (non-hydrogen) atoms. The van der Waals surface area contributed by atoms with Gasteiger partial charge in [-0.1, -0.05) is 56.5 Å². The zero-order valence-electron chi connectivity index (χ0n) is 23.3. The quantitative estimate of drug-likeness (QED) is 0.235. The van der Waals surface area contributed by atoms with Gasteiger partial charge >= 0.3 is 11.9 Å². The summed E-state index contributed by atoms with van der Waals surface area (Å²) in [6.45, 7) is 6.63. The molecule has 0 heterocycles. The third-order valence-electron chi connectivity index (χ3n) is 6.14. The number of esters is 2. The Hall–Kier alpha value is -3.55. The summed E-state index contributed by atoms with van der Waals surface area (Å²) in [6, 6.07) is 14.0. The summed E-state index contributed by atoms with van der Waals surface area (Å²) >= 11 is 0. The number of benzene rings is 2. The minimum absolute atomic E-state index is 0.0971. The number of rotatable bonds is 16. The third kappa shape index (κ3) is 10.4. The van der Waals surface area contributed by atoms with E-state index in [0.29, 0.717) is 25.2 Å². The van der Waals surface area contributed by atoms with Crippen molar-refractivity contribution in [3.05, 3.63) is 48.0 Å². The van der Waals surface area contributed by atoms with E-state index < -0.39 is 17.5 Å². The van der Waals surface area contributed by atoms with Crippen LogP contribution in [0.1, 0.15) is 65.4 Å². The van der Waals surface area contributed by atoms with Crippen molar-refractivity contribution in [3.8, 4) is 22.6 Å². The molecule has 0 unspecified atom stereocenters. The number of nitrogens with one attached hydrogen (secondary N) is 1. The van der Waals surface area contributed by atoms with Gasteiger partial charge in [0.2, 0.25) is 5.91 Å². The zero-order chi connectivity index (χ0) is 28.0. The largest absolute Gasteiger partial charge is 0.493 e. The number of carbonyl (C=O) groups excluding carboxylic acids is 3. The molecule has 2 aromatic rings. The highest BCUT2D eigenvalue weighted by molar-refractivity contribution is 5.74. The molecule has 0 aliphatic heterocycles. The number of aryl methyl sites for hydroxylation is 1. The number of ether oxygens (including phenoxy) is 4. The molecule has 0 bridgehead atoms. The van der Waals surface area contributed by atoms with Crippen LogP contribution in [-0.4, -0.2) is 50.3 Å². The molecule has 1 amide bonds. The van der Waals surface area contributed by atoms with Gasteiger partial charge in [0.05, 0.1) is 13.7 Å². The third-order valence-corrected chi connectivity index (χ3v) is 6.14. The second-order valence-corrected chi connectivity index (χ2v) is 9.49. The van der Waals surface area contributed by atoms with Gasteiger partial charge in [-0.2, -0.15) is 0 Å². The van der Waals surface area contributed by atoms with Gasteiger partial charge in [-0.25, -0.2) is 0 Å². The molecule has 1 N–H and O–H groups in total. The van der Waals surface area contributed by atoms with Gasteiger partial charge < -0.3 is 24.3 Å². The van der Waals surface area contributed by atoms with Crippen LogP contribution in [0.4, 0.5) is 0 Å². The van der Waals surface area contributed by atoms with E-state index in [9.17, 15) is 14.4 Å². The van der Waals surface area contributed by atoms with Crippen LogP contribution < -0.4 is 14.8 Å². The van der Waals surface area contributed by atoms with E-state index in [2.05, 4.69) is 12.2 Å². The summed E-state index contributed by atoms with van der Waals surface area (Å²) in [5.74, 6) is 0.171. The van der Waals surface area contributed by atoms with Crippen LogP contribution in [0.3, 0.4) is 0 Å². The Labute approximate surface area is 226 Å². The zero-order valence-corrected chi connectivity index (χ0v) is 23.3. The molecule has 2 aromatic carbocycles. The molecule has 0 aliphatic rings. The first-order chi connectivity index (χ1) is 18.2. The fourth-order valence-corrected chi connectivity index (χ4v) is 4.10. The molecule has 0 saturated heterocycles. The Morgan fingerprint density at radius 1 is 0.816 bits per heavy atom. The maximum atomic E-state index is 11.9. The van der Waals surface area contributed by atoms with E-state index in [1.165, 1.54) is 33.6 Å². The van der Waals surface area contributed by atoms with Crippen molar-refractivity contribution in [3.63, 3.8) is 0 Å². The van der Waals surface area contributed by atoms with Crippen LogP contribution in [-0.2, 0) is 30.3 Å². The molecule has 8 heteroatoms. The summed E-state index contributed by atoms with van der Waals surface area (Å²) in [7, 11) is 1.64. The number of hydrogen-bond acceptors (Lipinski definition) is 7. The highest BCUT2D eigenvalue weighted by Crippen LogP contribution is 2.33. The van der Waals surface area contributed by atoms with Gasteiger partial charge in [0.15, 0.2) is 11.5 Å². The molecule has 0 aromatic heterocycles. The number of unbranched alkanes of at least 4 members (excludes halogenated alkanes) is 3. The summed E-state index contributed by atoms with van der Waals surface area (Å²) in [5.41, 5.74) is 2.02. The Morgan fingerprint density at radius 3 is 2.00 bits per heavy atom. The van der Waals surface area contributed by atoms with Crippen LogP contribution in [0.5, 0.6) is 11.5 Å². The Kier molecular flexibility index (Phi) is 12.6. The smallest absolute Gasteiger partial charge is 0.302 e. The molecule has 0 radical (unpaired) electrons. The van der Waals surface area contributed by atoms with Crippen LogP contribution in [0.15, 0.2) is 42.5 Å². The predicted octanol–water partition coefficient (Wildman–Crippen LogP) is 5.26. The molecular formula is C30H41NO7. The van der Waals surface area contributed by atoms with Gasteiger partial charge in [-0.15, -0.1) is 0 Å². The highest BCUT2D eigenvalue weighted by atomic mass is 16.5. The summed E-state index contributed by atoms with van der Waals surface area (Å²) < 4.78 is 21.9. The minimum Gasteiger partial charge on any atom is -0.493 e. The van der Waals surface area contributed by atoms with Crippen molar-refractivity contribution in [2.45, 2.75) is 71.8 Å². The van der Waals surface area contributed by atoms with E-state index in [-0.39, 0.29) is 19.1 Å². The first kappa shape index (κ1) is 30.7. The van der Waals surface area contributed by atoms with Crippen molar-refractivity contribution in [1.29, 1.82) is 0 Å². The molecule has 2 rings (SSSR count). The second kappa shape index (κ2) is 15.6. The van der Waals surface area contributed by atoms with E-state index >= 15 is 0 Å². The Bertz CT molecular complexity index is 1030. The van der Waals surface area contributed by atoms with Gasteiger partial charge in [0.1, 0.15) is 18.8 Å². The number of amides is 1. The molecule has 0 saturated carbocycles. The van der Waals surface area contributed by atoms with E-state index in [0.717, 1.165) is 35.3 Å². The van der Waals surface area contributed by atoms with Gasteiger partial charge in [0.25, 0.3) is 0 Å². The standard InChI is InChI=1S/C30H41NO7/c1-6-7-8-9-18-36-28-15-14-27(19-29(28)35-5)26-12-10-25(11-13-26)16-17-30(31-22(2)32,20-37-23(3)33)21-38-24(4)34/h10-15,19H,6-9,16-18,20-21H2,1-5H3,(H,31,32). The minimum atomic E-state index is -1.03. The normalized spacial score (nSPS) is 11.0. The lowest BCUT2D eigenvalue weighted by Crippen LogP contribution is -2.55. The van der Waals surface area contributed by atoms with Crippen LogP contribution in [0, 0.1) is 0 Å². The van der Waals surface area contributed by atoms with Crippen molar-refractivity contribution in [2.24, 2.45) is 0 Å².